The molecule has 2 N–H and O–H groups in total. The van der Waals surface area contributed by atoms with E-state index in [1.807, 2.05) is 35.2 Å². The van der Waals surface area contributed by atoms with Gasteiger partial charge >= 0.3 is 11.7 Å². The molecule has 0 unspecified atom stereocenters. The maximum absolute atomic E-state index is 12.5. The van der Waals surface area contributed by atoms with Crippen LogP contribution >= 0.6 is 0 Å². The summed E-state index contributed by atoms with van der Waals surface area (Å²) in [4.78, 5) is 33.7. The van der Waals surface area contributed by atoms with Crippen LogP contribution in [0.5, 0.6) is 5.75 Å². The van der Waals surface area contributed by atoms with Gasteiger partial charge in [-0.05, 0) is 43.0 Å². The first kappa shape index (κ1) is 18.1. The van der Waals surface area contributed by atoms with Crippen LogP contribution in [0.4, 0.5) is 10.5 Å². The molecule has 8 heteroatoms. The number of piperidine rings is 1. The number of urea groups is 1. The number of nitrogens with one attached hydrogen (secondary N) is 2. The van der Waals surface area contributed by atoms with Gasteiger partial charge < -0.3 is 19.9 Å². The first-order valence-electron chi connectivity index (χ1n) is 9.37. The molecule has 1 aromatic carbocycles. The average molecular weight is 381 g/mol. The summed E-state index contributed by atoms with van der Waals surface area (Å²) in [7, 11) is 1.60. The van der Waals surface area contributed by atoms with Gasteiger partial charge in [-0.25, -0.2) is 14.6 Å². The third-order valence-electron chi connectivity index (χ3n) is 5.19. The first-order chi connectivity index (χ1) is 13.6. The number of benzene rings is 1. The van der Waals surface area contributed by atoms with Crippen molar-refractivity contribution in [1.29, 1.82) is 0 Å². The number of methoxy groups -OCH3 is 1. The number of likely N-dealkylation sites (tertiary alicyclic amines) is 1. The van der Waals surface area contributed by atoms with Crippen LogP contribution in [0.15, 0.2) is 47.4 Å². The lowest BCUT2D eigenvalue weighted by Gasteiger charge is -2.32. The Morgan fingerprint density at radius 1 is 1.29 bits per heavy atom. The third kappa shape index (κ3) is 3.71. The van der Waals surface area contributed by atoms with Crippen molar-refractivity contribution < 1.29 is 9.53 Å². The lowest BCUT2D eigenvalue weighted by Crippen LogP contribution is -2.42. The number of hydrogen-bond donors (Lipinski definition) is 2. The van der Waals surface area contributed by atoms with Gasteiger partial charge in [0.05, 0.1) is 12.6 Å². The summed E-state index contributed by atoms with van der Waals surface area (Å²) in [5.74, 6) is 1.04. The second kappa shape index (κ2) is 7.75. The number of hydrogen-bond acceptors (Lipinski definition) is 4. The van der Waals surface area contributed by atoms with Crippen molar-refractivity contribution in [1.82, 2.24) is 19.4 Å². The molecule has 0 spiro atoms. The van der Waals surface area contributed by atoms with Gasteiger partial charge in [0, 0.05) is 37.6 Å². The number of amides is 2. The zero-order chi connectivity index (χ0) is 19.5. The minimum Gasteiger partial charge on any atom is -0.497 e. The van der Waals surface area contributed by atoms with E-state index in [-0.39, 0.29) is 11.7 Å². The van der Waals surface area contributed by atoms with E-state index >= 15 is 0 Å². The molecule has 146 valence electrons. The van der Waals surface area contributed by atoms with Crippen molar-refractivity contribution in [3.63, 3.8) is 0 Å². The van der Waals surface area contributed by atoms with Gasteiger partial charge in [0.25, 0.3) is 0 Å². The van der Waals surface area contributed by atoms with Gasteiger partial charge in [-0.3, -0.25) is 4.57 Å². The van der Waals surface area contributed by atoms with Crippen LogP contribution in [0.25, 0.3) is 11.2 Å². The third-order valence-corrected chi connectivity index (χ3v) is 5.19. The van der Waals surface area contributed by atoms with Crippen molar-refractivity contribution in [3.8, 4) is 5.75 Å². The van der Waals surface area contributed by atoms with Crippen LogP contribution in [-0.2, 0) is 6.54 Å². The van der Waals surface area contributed by atoms with E-state index in [1.54, 1.807) is 23.9 Å². The first-order valence-corrected chi connectivity index (χ1v) is 9.37. The van der Waals surface area contributed by atoms with Crippen molar-refractivity contribution in [3.05, 3.63) is 53.1 Å². The molecule has 28 heavy (non-hydrogen) atoms. The Morgan fingerprint density at radius 3 is 2.89 bits per heavy atom. The largest absolute Gasteiger partial charge is 0.497 e. The smallest absolute Gasteiger partial charge is 0.327 e. The molecule has 1 fully saturated rings. The summed E-state index contributed by atoms with van der Waals surface area (Å²) in [6.45, 7) is 1.93. The van der Waals surface area contributed by atoms with E-state index in [0.29, 0.717) is 42.6 Å². The molecule has 1 aliphatic heterocycles. The molecular weight excluding hydrogens is 358 g/mol. The van der Waals surface area contributed by atoms with Crippen molar-refractivity contribution in [2.75, 3.05) is 25.5 Å². The van der Waals surface area contributed by atoms with Crippen LogP contribution in [0, 0.1) is 5.92 Å². The van der Waals surface area contributed by atoms with E-state index in [4.69, 9.17) is 4.74 Å². The quantitative estimate of drug-likeness (QED) is 0.727. The molecule has 0 aliphatic carbocycles. The van der Waals surface area contributed by atoms with Crippen LogP contribution < -0.4 is 15.7 Å². The Balaban J connectivity index is 1.36. The minimum absolute atomic E-state index is 0.113. The number of rotatable bonds is 4. The predicted octanol–water partition coefficient (Wildman–Crippen LogP) is 2.68. The predicted molar refractivity (Wildman–Crippen MR) is 107 cm³/mol. The summed E-state index contributed by atoms with van der Waals surface area (Å²) in [6, 6.07) is 10.9. The summed E-state index contributed by atoms with van der Waals surface area (Å²) < 4.78 is 6.89. The Hall–Kier alpha value is -3.29. The van der Waals surface area contributed by atoms with Crippen LogP contribution in [-0.4, -0.2) is 45.7 Å². The standard InChI is InChI=1S/C20H23N5O3/c1-28-16-5-2-4-15(12-16)22-19(26)24-10-7-14(8-11-24)13-25-18-17(23-20(25)27)6-3-9-21-18/h2-6,9,12,14H,7-8,10-11,13H2,1H3,(H,22,26)(H,23,27). The van der Waals surface area contributed by atoms with Gasteiger partial charge in [0.2, 0.25) is 0 Å². The molecule has 0 atom stereocenters. The fourth-order valence-corrected chi connectivity index (χ4v) is 3.64. The van der Waals surface area contributed by atoms with E-state index in [9.17, 15) is 9.59 Å². The monoisotopic (exact) mass is 381 g/mol. The van der Waals surface area contributed by atoms with Gasteiger partial charge in [-0.2, -0.15) is 0 Å². The Labute approximate surface area is 162 Å². The summed E-state index contributed by atoms with van der Waals surface area (Å²) >= 11 is 0. The number of carbonyl (C=O) groups is 1. The molecule has 0 saturated carbocycles. The molecule has 0 bridgehead atoms. The highest BCUT2D eigenvalue weighted by Gasteiger charge is 2.24. The lowest BCUT2D eigenvalue weighted by atomic mass is 9.97. The zero-order valence-electron chi connectivity index (χ0n) is 15.7. The van der Waals surface area contributed by atoms with Gasteiger partial charge in [-0.15, -0.1) is 0 Å². The molecule has 2 aromatic heterocycles. The number of nitrogens with zero attached hydrogens (tertiary/aromatic N) is 3. The van der Waals surface area contributed by atoms with Crippen molar-refractivity contribution in [2.45, 2.75) is 19.4 Å². The Morgan fingerprint density at radius 2 is 2.11 bits per heavy atom. The highest BCUT2D eigenvalue weighted by atomic mass is 16.5. The lowest BCUT2D eigenvalue weighted by molar-refractivity contribution is 0.177. The maximum Gasteiger partial charge on any atom is 0.327 e. The fraction of sp³-hybridized carbons (Fsp3) is 0.350. The summed E-state index contributed by atoms with van der Waals surface area (Å²) in [5.41, 5.74) is 2.02. The van der Waals surface area contributed by atoms with Crippen LogP contribution in [0.3, 0.4) is 0 Å². The second-order valence-electron chi connectivity index (χ2n) is 7.01. The molecule has 3 aromatic rings. The van der Waals surface area contributed by atoms with Crippen molar-refractivity contribution >= 4 is 22.9 Å². The van der Waals surface area contributed by atoms with E-state index in [2.05, 4.69) is 15.3 Å². The normalized spacial score (nSPS) is 15.0. The molecule has 4 rings (SSSR count). The van der Waals surface area contributed by atoms with E-state index in [0.717, 1.165) is 18.4 Å². The molecule has 1 saturated heterocycles. The minimum atomic E-state index is -0.133. The Bertz CT molecular complexity index is 1030. The number of imidazole rings is 1. The van der Waals surface area contributed by atoms with Crippen LogP contribution in [0.1, 0.15) is 12.8 Å². The fourth-order valence-electron chi connectivity index (χ4n) is 3.64. The molecular formula is C20H23N5O3. The van der Waals surface area contributed by atoms with E-state index in [1.165, 1.54) is 0 Å². The molecule has 1 aliphatic rings. The number of ether oxygens (including phenoxy) is 1. The van der Waals surface area contributed by atoms with Crippen molar-refractivity contribution in [2.24, 2.45) is 5.92 Å². The average Bonchev–Trinajstić information content (AvgIpc) is 3.04. The SMILES string of the molecule is COc1cccc(NC(=O)N2CCC(Cn3c(=O)[nH]c4cccnc43)CC2)c1. The molecule has 8 nitrogen and oxygen atoms in total. The summed E-state index contributed by atoms with van der Waals surface area (Å²) in [6.07, 6.45) is 3.38. The molecule has 0 radical (unpaired) electrons. The molecule has 2 amide bonds. The van der Waals surface area contributed by atoms with Crippen LogP contribution in [0.2, 0.25) is 0 Å². The number of H-pyrrole nitrogens is 1. The number of carbonyl (C=O) groups excluding carboxylic acids is 1. The number of fused-ring (bicyclic) bond motifs is 1. The second-order valence-corrected chi connectivity index (χ2v) is 7.01. The summed E-state index contributed by atoms with van der Waals surface area (Å²) in [5, 5.41) is 2.92. The van der Waals surface area contributed by atoms with E-state index < -0.39 is 0 Å². The van der Waals surface area contributed by atoms with Gasteiger partial charge in [-0.1, -0.05) is 6.07 Å². The van der Waals surface area contributed by atoms with Gasteiger partial charge in [0.15, 0.2) is 5.65 Å². The highest BCUT2D eigenvalue weighted by molar-refractivity contribution is 5.89. The van der Waals surface area contributed by atoms with Gasteiger partial charge in [0.1, 0.15) is 5.75 Å². The Kier molecular flexibility index (Phi) is 5.01. The highest BCUT2D eigenvalue weighted by Crippen LogP contribution is 2.22. The number of aromatic nitrogens is 3. The zero-order valence-corrected chi connectivity index (χ0v) is 15.7. The number of anilines is 1. The maximum atomic E-state index is 12.5. The topological polar surface area (TPSA) is 92.2 Å². The number of pyridine rings is 1. The molecule has 3 heterocycles. The number of aromatic amines is 1.